The molecule has 0 aromatic carbocycles. The molecule has 1 heterocycles. The van der Waals surface area contributed by atoms with E-state index in [1.165, 1.54) is 0 Å². The molecule has 1 rings (SSSR count). The zero-order valence-corrected chi connectivity index (χ0v) is 12.2. The zero-order valence-electron chi connectivity index (χ0n) is 12.2. The summed E-state index contributed by atoms with van der Waals surface area (Å²) < 4.78 is 10.8. The van der Waals surface area contributed by atoms with Crippen LogP contribution in [0.5, 0.6) is 0 Å². The predicted molar refractivity (Wildman–Crippen MR) is 69.7 cm³/mol. The van der Waals surface area contributed by atoms with Crippen molar-refractivity contribution >= 4 is 12.2 Å². The van der Waals surface area contributed by atoms with Crippen molar-refractivity contribution in [2.45, 2.75) is 51.8 Å². The normalized spacial score (nSPS) is 20.7. The van der Waals surface area contributed by atoms with Gasteiger partial charge in [0.05, 0.1) is 24.8 Å². The minimum atomic E-state index is -0.751. The van der Waals surface area contributed by atoms with Gasteiger partial charge in [-0.15, -0.1) is 0 Å². The van der Waals surface area contributed by atoms with E-state index >= 15 is 0 Å². The van der Waals surface area contributed by atoms with Gasteiger partial charge in [-0.2, -0.15) is 4.99 Å². The second kappa shape index (κ2) is 5.72. The number of morpholine rings is 1. The first-order valence-electron chi connectivity index (χ1n) is 6.34. The van der Waals surface area contributed by atoms with E-state index in [1.54, 1.807) is 24.8 Å². The van der Waals surface area contributed by atoms with Crippen LogP contribution in [0.4, 0.5) is 4.79 Å². The molecule has 1 atom stereocenters. The molecule has 19 heavy (non-hydrogen) atoms. The molecular weight excluding hydrogens is 248 g/mol. The molecule has 0 aromatic heterocycles. The Hall–Kier alpha value is -1.39. The fourth-order valence-corrected chi connectivity index (χ4v) is 1.92. The molecule has 108 valence electrons. The van der Waals surface area contributed by atoms with E-state index in [0.717, 1.165) is 0 Å². The average Bonchev–Trinajstić information content (AvgIpc) is 2.26. The topological polar surface area (TPSA) is 68.2 Å². The molecule has 1 amide bonds. The lowest BCUT2D eigenvalue weighted by molar-refractivity contribution is -0.0470. The van der Waals surface area contributed by atoms with Gasteiger partial charge in [-0.25, -0.2) is 9.59 Å². The average molecular weight is 270 g/mol. The number of ether oxygens (including phenoxy) is 2. The van der Waals surface area contributed by atoms with Crippen LogP contribution in [0, 0.1) is 0 Å². The van der Waals surface area contributed by atoms with Crippen molar-refractivity contribution in [1.29, 1.82) is 0 Å². The number of amides is 1. The molecule has 1 aliphatic heterocycles. The van der Waals surface area contributed by atoms with Gasteiger partial charge in [-0.3, -0.25) is 4.90 Å². The van der Waals surface area contributed by atoms with Crippen LogP contribution in [0.15, 0.2) is 4.99 Å². The second-order valence-corrected chi connectivity index (χ2v) is 6.12. The largest absolute Gasteiger partial charge is 0.444 e. The summed E-state index contributed by atoms with van der Waals surface area (Å²) in [5.41, 5.74) is -1.31. The van der Waals surface area contributed by atoms with Gasteiger partial charge >= 0.3 is 6.09 Å². The third kappa shape index (κ3) is 4.33. The molecule has 1 unspecified atom stereocenters. The number of hydrogen-bond donors (Lipinski definition) is 0. The number of aliphatic imine (C=N–C) groups is 1. The smallest absolute Gasteiger partial charge is 0.410 e. The Kier molecular flexibility index (Phi) is 4.71. The first kappa shape index (κ1) is 15.7. The third-order valence-corrected chi connectivity index (χ3v) is 2.91. The summed E-state index contributed by atoms with van der Waals surface area (Å²) in [6, 6.07) is -0.336. The highest BCUT2D eigenvalue weighted by molar-refractivity contribution is 5.69. The van der Waals surface area contributed by atoms with E-state index in [4.69, 9.17) is 9.47 Å². The van der Waals surface area contributed by atoms with Gasteiger partial charge in [0.15, 0.2) is 0 Å². The van der Waals surface area contributed by atoms with Crippen LogP contribution in [0.1, 0.15) is 34.6 Å². The number of carbonyl (C=O) groups excluding carboxylic acids is 2. The molecule has 0 aliphatic carbocycles. The van der Waals surface area contributed by atoms with Crippen molar-refractivity contribution in [3.8, 4) is 0 Å². The van der Waals surface area contributed by atoms with Crippen molar-refractivity contribution in [3.05, 3.63) is 0 Å². The van der Waals surface area contributed by atoms with Crippen molar-refractivity contribution in [3.63, 3.8) is 0 Å². The lowest BCUT2D eigenvalue weighted by Crippen LogP contribution is -2.58. The highest BCUT2D eigenvalue weighted by Crippen LogP contribution is 2.24. The molecule has 0 N–H and O–H groups in total. The minimum absolute atomic E-state index is 0.331. The highest BCUT2D eigenvalue weighted by atomic mass is 16.6. The third-order valence-electron chi connectivity index (χ3n) is 2.91. The second-order valence-electron chi connectivity index (χ2n) is 6.12. The minimum Gasteiger partial charge on any atom is -0.444 e. The van der Waals surface area contributed by atoms with Crippen molar-refractivity contribution in [2.75, 3.05) is 19.8 Å². The van der Waals surface area contributed by atoms with Gasteiger partial charge in [-0.1, -0.05) is 0 Å². The number of nitrogens with zero attached hydrogens (tertiary/aromatic N) is 2. The molecule has 0 saturated carbocycles. The van der Waals surface area contributed by atoms with Gasteiger partial charge in [0.2, 0.25) is 6.08 Å². The number of rotatable bonds is 2. The van der Waals surface area contributed by atoms with E-state index in [9.17, 15) is 9.59 Å². The number of hydrogen-bond acceptors (Lipinski definition) is 5. The fourth-order valence-electron chi connectivity index (χ4n) is 1.92. The Balaban J connectivity index is 2.89. The van der Waals surface area contributed by atoms with E-state index in [0.29, 0.717) is 19.8 Å². The van der Waals surface area contributed by atoms with Crippen LogP contribution < -0.4 is 0 Å². The van der Waals surface area contributed by atoms with Gasteiger partial charge < -0.3 is 9.47 Å². The predicted octanol–water partition coefficient (Wildman–Crippen LogP) is 1.74. The van der Waals surface area contributed by atoms with Gasteiger partial charge in [0.1, 0.15) is 5.60 Å². The van der Waals surface area contributed by atoms with Crippen LogP contribution in [0.3, 0.4) is 0 Å². The molecular formula is C13H22N2O4. The lowest BCUT2D eigenvalue weighted by atomic mass is 9.94. The van der Waals surface area contributed by atoms with Gasteiger partial charge in [0, 0.05) is 6.54 Å². The molecule has 6 heteroatoms. The zero-order chi connectivity index (χ0) is 14.7. The molecule has 0 spiro atoms. The summed E-state index contributed by atoms with van der Waals surface area (Å²) in [4.78, 5) is 28.0. The SMILES string of the molecule is CC(C)(C)OC(=O)N1CCOCC1C(C)(C)N=C=O. The summed E-state index contributed by atoms with van der Waals surface area (Å²) in [6.07, 6.45) is 1.15. The highest BCUT2D eigenvalue weighted by Gasteiger charge is 2.40. The van der Waals surface area contributed by atoms with Crippen molar-refractivity contribution in [1.82, 2.24) is 4.90 Å². The standard InChI is InChI=1S/C13H22N2O4/c1-12(2,3)19-11(17)15-6-7-18-8-10(15)13(4,5)14-9-16/h10H,6-8H2,1-5H3. The van der Waals surface area contributed by atoms with E-state index < -0.39 is 17.2 Å². The van der Waals surface area contributed by atoms with Crippen LogP contribution in [-0.2, 0) is 14.3 Å². The summed E-state index contributed by atoms with van der Waals surface area (Å²) in [5.74, 6) is 0. The molecule has 0 aromatic rings. The molecule has 6 nitrogen and oxygen atoms in total. The monoisotopic (exact) mass is 270 g/mol. The van der Waals surface area contributed by atoms with Crippen molar-refractivity contribution in [2.24, 2.45) is 4.99 Å². The number of isocyanates is 1. The Labute approximate surface area is 113 Å². The fraction of sp³-hybridized carbons (Fsp3) is 0.846. The van der Waals surface area contributed by atoms with E-state index in [-0.39, 0.29) is 6.04 Å². The summed E-state index contributed by atoms with van der Waals surface area (Å²) in [5, 5.41) is 0. The van der Waals surface area contributed by atoms with Gasteiger partial charge in [-0.05, 0) is 34.6 Å². The Morgan fingerprint density at radius 3 is 2.53 bits per heavy atom. The summed E-state index contributed by atoms with van der Waals surface area (Å²) in [6.45, 7) is 10.2. The maximum absolute atomic E-state index is 12.2. The lowest BCUT2D eigenvalue weighted by Gasteiger charge is -2.42. The maximum atomic E-state index is 12.2. The number of carbonyl (C=O) groups is 1. The van der Waals surface area contributed by atoms with Crippen molar-refractivity contribution < 1.29 is 19.1 Å². The van der Waals surface area contributed by atoms with E-state index in [1.807, 2.05) is 20.8 Å². The Morgan fingerprint density at radius 1 is 1.37 bits per heavy atom. The molecule has 1 saturated heterocycles. The van der Waals surface area contributed by atoms with Crippen LogP contribution in [0.25, 0.3) is 0 Å². The summed E-state index contributed by atoms with van der Waals surface area (Å²) in [7, 11) is 0. The molecule has 0 radical (unpaired) electrons. The first-order chi connectivity index (χ1) is 8.67. The van der Waals surface area contributed by atoms with E-state index in [2.05, 4.69) is 4.99 Å². The quantitative estimate of drug-likeness (QED) is 0.566. The van der Waals surface area contributed by atoms with Crippen LogP contribution in [-0.4, -0.2) is 54.0 Å². The maximum Gasteiger partial charge on any atom is 0.410 e. The summed E-state index contributed by atoms with van der Waals surface area (Å²) >= 11 is 0. The molecule has 1 aliphatic rings. The Morgan fingerprint density at radius 2 is 2.00 bits per heavy atom. The Bertz CT molecular complexity index is 381. The first-order valence-corrected chi connectivity index (χ1v) is 6.34. The van der Waals surface area contributed by atoms with Crippen LogP contribution >= 0.6 is 0 Å². The molecule has 0 bridgehead atoms. The van der Waals surface area contributed by atoms with Crippen LogP contribution in [0.2, 0.25) is 0 Å². The molecule has 1 fully saturated rings. The van der Waals surface area contributed by atoms with Gasteiger partial charge in [0.25, 0.3) is 0 Å².